The zero-order valence-corrected chi connectivity index (χ0v) is 33.4. The molecule has 4 amide bonds. The Morgan fingerprint density at radius 1 is 1.09 bits per heavy atom. The van der Waals surface area contributed by atoms with Crippen LogP contribution in [0.3, 0.4) is 0 Å². The molecule has 55 heavy (non-hydrogen) atoms. The third-order valence-corrected chi connectivity index (χ3v) is 16.1. The van der Waals surface area contributed by atoms with E-state index in [1.807, 2.05) is 0 Å². The van der Waals surface area contributed by atoms with Crippen molar-refractivity contribution in [3.05, 3.63) is 21.7 Å². The average Bonchev–Trinajstić information content (AvgIpc) is 3.50. The van der Waals surface area contributed by atoms with Gasteiger partial charge in [-0.1, -0.05) is 25.9 Å². The Kier molecular flexibility index (Phi) is 12.5. The Labute approximate surface area is 328 Å². The number of carbonyl (C=O) groups excluding carboxylic acids is 4. The summed E-state index contributed by atoms with van der Waals surface area (Å²) in [5.74, 6) is 2.55. The molecule has 14 atom stereocenters. The van der Waals surface area contributed by atoms with Gasteiger partial charge in [0, 0.05) is 36.5 Å². The lowest BCUT2D eigenvalue weighted by molar-refractivity contribution is -0.207. The summed E-state index contributed by atoms with van der Waals surface area (Å²) in [6, 6.07) is -0.773. The first-order chi connectivity index (χ1) is 26.1. The van der Waals surface area contributed by atoms with Crippen LogP contribution in [0.15, 0.2) is 16.4 Å². The highest BCUT2D eigenvalue weighted by Crippen LogP contribution is 2.68. The fourth-order valence-corrected chi connectivity index (χ4v) is 13.1. The molecule has 15 heteroatoms. The molecular weight excluding hydrogens is 723 g/mol. The van der Waals surface area contributed by atoms with Crippen LogP contribution in [0, 0.1) is 58.7 Å². The Hall–Kier alpha value is -3.28. The number of azide groups is 1. The number of hydrogen-bond donors (Lipinski definition) is 6. The van der Waals surface area contributed by atoms with Gasteiger partial charge in [0.05, 0.1) is 18.3 Å². The van der Waals surface area contributed by atoms with E-state index in [9.17, 15) is 34.5 Å². The molecular formula is C40H59N7O7S. The van der Waals surface area contributed by atoms with Crippen molar-refractivity contribution in [2.75, 3.05) is 12.3 Å². The Balaban J connectivity index is 1.03. The molecule has 2 aliphatic heterocycles. The van der Waals surface area contributed by atoms with Crippen molar-refractivity contribution in [3.63, 3.8) is 0 Å². The van der Waals surface area contributed by atoms with Crippen molar-refractivity contribution < 1.29 is 34.5 Å². The van der Waals surface area contributed by atoms with Gasteiger partial charge < -0.3 is 31.3 Å². The van der Waals surface area contributed by atoms with Gasteiger partial charge >= 0.3 is 0 Å². The fraction of sp³-hybridized carbons (Fsp3) is 0.800. The Morgan fingerprint density at radius 2 is 1.85 bits per heavy atom. The molecule has 6 N–H and O–H groups in total. The van der Waals surface area contributed by atoms with E-state index in [1.54, 1.807) is 6.92 Å². The van der Waals surface area contributed by atoms with Crippen LogP contribution in [0.25, 0.3) is 10.4 Å². The zero-order chi connectivity index (χ0) is 39.8. The smallest absolute Gasteiger partial charge is 0.269 e. The highest BCUT2D eigenvalue weighted by molar-refractivity contribution is 8.00. The third kappa shape index (κ3) is 7.74. The average molecular weight is 782 g/mol. The summed E-state index contributed by atoms with van der Waals surface area (Å²) < 4.78 is 0. The predicted molar refractivity (Wildman–Crippen MR) is 207 cm³/mol. The molecule has 0 aromatic heterocycles. The number of nitrogens with zero attached hydrogens (tertiary/aromatic N) is 4. The molecule has 1 saturated heterocycles. The van der Waals surface area contributed by atoms with Crippen LogP contribution in [-0.4, -0.2) is 92.0 Å². The summed E-state index contributed by atoms with van der Waals surface area (Å²) in [7, 11) is 0. The van der Waals surface area contributed by atoms with Crippen LogP contribution >= 0.6 is 11.8 Å². The van der Waals surface area contributed by atoms with Gasteiger partial charge in [0.2, 0.25) is 11.8 Å². The van der Waals surface area contributed by atoms with Crippen LogP contribution < -0.4 is 16.0 Å². The number of rotatable bonds is 13. The maximum absolute atomic E-state index is 13.5. The number of carbonyl (C=O) groups is 4. The van der Waals surface area contributed by atoms with Gasteiger partial charge in [0.25, 0.3) is 11.8 Å². The first kappa shape index (κ1) is 41.4. The van der Waals surface area contributed by atoms with Crippen LogP contribution in [0.1, 0.15) is 105 Å². The molecule has 4 aliphatic carbocycles. The number of fused-ring (bicyclic) bond motifs is 6. The van der Waals surface area contributed by atoms with Crippen molar-refractivity contribution in [2.45, 2.75) is 141 Å². The van der Waals surface area contributed by atoms with Gasteiger partial charge in [-0.25, -0.2) is 0 Å². The van der Waals surface area contributed by atoms with E-state index in [-0.39, 0.29) is 102 Å². The quantitative estimate of drug-likeness (QED) is 0.0307. The molecule has 0 spiro atoms. The number of aliphatic hydroxyl groups is 3. The van der Waals surface area contributed by atoms with Crippen molar-refractivity contribution in [3.8, 4) is 12.3 Å². The molecule has 5 fully saturated rings. The number of hydrogen-bond acceptors (Lipinski definition) is 9. The molecule has 0 bridgehead atoms. The summed E-state index contributed by atoms with van der Waals surface area (Å²) in [6.07, 6.45) is 10.3. The lowest BCUT2D eigenvalue weighted by atomic mass is 9.43. The summed E-state index contributed by atoms with van der Waals surface area (Å²) in [6.45, 7) is 8.64. The maximum Gasteiger partial charge on any atom is 0.269 e. The summed E-state index contributed by atoms with van der Waals surface area (Å²) >= 11 is 1.48. The normalized spacial score (nSPS) is 38.7. The first-order valence-corrected chi connectivity index (χ1v) is 21.2. The van der Waals surface area contributed by atoms with E-state index in [0.29, 0.717) is 37.0 Å². The maximum atomic E-state index is 13.5. The lowest BCUT2D eigenvalue weighted by Gasteiger charge is -2.63. The molecule has 0 aromatic carbocycles. The number of β-lactam (4-membered cyclic amide) rings is 1. The SMILES string of the molecule is C#CCC(NC(=O)CCCN=[N+]=[N-])NC(=O)C1=C(C)CSC2C(NC(=O)CCC(C)C3CCC4C5C(O)CC6CC(O)CCC6(C)C5CC(O)C34C)C(=O)N12. The van der Waals surface area contributed by atoms with Gasteiger partial charge in [0.15, 0.2) is 0 Å². The van der Waals surface area contributed by atoms with Gasteiger partial charge in [-0.05, 0) is 122 Å². The molecule has 6 aliphatic rings. The minimum Gasteiger partial charge on any atom is -0.393 e. The molecule has 0 aromatic rings. The lowest BCUT2D eigenvalue weighted by Crippen LogP contribution is -2.71. The third-order valence-electron chi connectivity index (χ3n) is 14.7. The first-order valence-electron chi connectivity index (χ1n) is 20.2. The number of thioether (sulfide) groups is 1. The highest BCUT2D eigenvalue weighted by Gasteiger charge is 2.65. The minimum atomic E-state index is -0.865. The van der Waals surface area contributed by atoms with E-state index >= 15 is 0 Å². The Morgan fingerprint density at radius 3 is 2.58 bits per heavy atom. The molecule has 4 saturated carbocycles. The van der Waals surface area contributed by atoms with Crippen molar-refractivity contribution in [1.82, 2.24) is 20.9 Å². The number of aliphatic hydroxyl groups excluding tert-OH is 3. The number of terminal acetylenes is 1. The summed E-state index contributed by atoms with van der Waals surface area (Å²) in [5, 5.41) is 45.3. The van der Waals surface area contributed by atoms with Gasteiger partial charge in [-0.3, -0.25) is 24.1 Å². The summed E-state index contributed by atoms with van der Waals surface area (Å²) in [4.78, 5) is 56.9. The van der Waals surface area contributed by atoms with Gasteiger partial charge in [-0.15, -0.1) is 24.1 Å². The second-order valence-corrected chi connectivity index (χ2v) is 18.8. The van der Waals surface area contributed by atoms with Crippen molar-refractivity contribution in [1.29, 1.82) is 0 Å². The molecule has 2 heterocycles. The molecule has 0 radical (unpaired) electrons. The topological polar surface area (TPSA) is 217 Å². The standard InChI is InChI=1S/C40H59N7O7S/c1-6-8-30(43-31(51)9-7-16-42-46-41)44-36(53)35-22(3)20-55-38-34(37(54)47(35)38)45-32(52)13-10-21(2)25-11-12-26-33-27(19-29(50)40(25,26)5)39(4)15-14-24(48)17-23(39)18-28(33)49/h1,21,23-30,33-34,38,48-50H,7-20H2,2-5H3,(H,43,51)(H,44,53)(H,45,52). The van der Waals surface area contributed by atoms with E-state index in [0.717, 1.165) is 32.1 Å². The molecule has 6 rings (SSSR count). The van der Waals surface area contributed by atoms with E-state index < -0.39 is 35.7 Å². The second kappa shape index (κ2) is 16.7. The van der Waals surface area contributed by atoms with Gasteiger partial charge in [-0.2, -0.15) is 0 Å². The van der Waals surface area contributed by atoms with Crippen LogP contribution in [0.4, 0.5) is 0 Å². The Bertz CT molecular complexity index is 1650. The molecule has 14 nitrogen and oxygen atoms in total. The number of amides is 4. The monoisotopic (exact) mass is 781 g/mol. The van der Waals surface area contributed by atoms with Crippen molar-refractivity contribution in [2.24, 2.45) is 51.5 Å². The molecule has 14 unspecified atom stereocenters. The van der Waals surface area contributed by atoms with E-state index in [4.69, 9.17) is 12.0 Å². The van der Waals surface area contributed by atoms with Gasteiger partial charge in [0.1, 0.15) is 23.3 Å². The van der Waals surface area contributed by atoms with Crippen LogP contribution in [0.5, 0.6) is 0 Å². The minimum absolute atomic E-state index is 0.00962. The van der Waals surface area contributed by atoms with Crippen LogP contribution in [0.2, 0.25) is 0 Å². The highest BCUT2D eigenvalue weighted by atomic mass is 32.2. The second-order valence-electron chi connectivity index (χ2n) is 17.7. The summed E-state index contributed by atoms with van der Waals surface area (Å²) in [5.41, 5.74) is 8.95. The van der Waals surface area contributed by atoms with E-state index in [2.05, 4.69) is 52.7 Å². The zero-order valence-electron chi connectivity index (χ0n) is 32.6. The number of nitrogens with one attached hydrogen (secondary N) is 3. The fourth-order valence-electron chi connectivity index (χ4n) is 11.8. The largest absolute Gasteiger partial charge is 0.393 e. The van der Waals surface area contributed by atoms with Crippen molar-refractivity contribution >= 4 is 35.4 Å². The molecule has 302 valence electrons. The predicted octanol–water partition coefficient (Wildman–Crippen LogP) is 3.71. The van der Waals surface area contributed by atoms with E-state index in [1.165, 1.54) is 16.7 Å². The van der Waals surface area contributed by atoms with Crippen LogP contribution in [-0.2, 0) is 19.2 Å².